The van der Waals surface area contributed by atoms with Gasteiger partial charge in [-0.2, -0.15) is 13.2 Å². The van der Waals surface area contributed by atoms with Crippen molar-refractivity contribution in [1.29, 1.82) is 0 Å². The van der Waals surface area contributed by atoms with Gasteiger partial charge >= 0.3 is 6.18 Å². The van der Waals surface area contributed by atoms with Crippen LogP contribution < -0.4 is 10.2 Å². The van der Waals surface area contributed by atoms with Crippen molar-refractivity contribution in [3.05, 3.63) is 23.9 Å². The van der Waals surface area contributed by atoms with Gasteiger partial charge in [0, 0.05) is 26.3 Å². The molecule has 1 N–H and O–H groups in total. The summed E-state index contributed by atoms with van der Waals surface area (Å²) in [6.45, 7) is 0. The summed E-state index contributed by atoms with van der Waals surface area (Å²) in [5.74, 6) is -1.28. The molecule has 1 heterocycles. The number of anilines is 1. The zero-order valence-electron chi connectivity index (χ0n) is 12.7. The first-order chi connectivity index (χ1) is 10.3. The molecule has 122 valence electrons. The number of carbonyl (C=O) groups excluding carboxylic acids is 1. The summed E-state index contributed by atoms with van der Waals surface area (Å²) >= 11 is 0. The number of aromatic nitrogens is 1. The second kappa shape index (κ2) is 6.54. The molecule has 1 aromatic rings. The average molecular weight is 315 g/mol. The van der Waals surface area contributed by atoms with Crippen LogP contribution in [0.2, 0.25) is 0 Å². The number of nitrogens with zero attached hydrogens (tertiary/aromatic N) is 2. The first-order valence-corrected chi connectivity index (χ1v) is 7.30. The molecule has 22 heavy (non-hydrogen) atoms. The van der Waals surface area contributed by atoms with Gasteiger partial charge in [-0.05, 0) is 25.0 Å². The molecule has 1 aromatic heterocycles. The van der Waals surface area contributed by atoms with Gasteiger partial charge in [0.1, 0.15) is 5.82 Å². The summed E-state index contributed by atoms with van der Waals surface area (Å²) in [5.41, 5.74) is 0.275. The van der Waals surface area contributed by atoms with E-state index in [1.165, 1.54) is 6.20 Å². The lowest BCUT2D eigenvalue weighted by atomic mass is 9.84. The predicted molar refractivity (Wildman–Crippen MR) is 77.8 cm³/mol. The van der Waals surface area contributed by atoms with Crippen molar-refractivity contribution in [3.8, 4) is 0 Å². The minimum atomic E-state index is -4.27. The average Bonchev–Trinajstić information content (AvgIpc) is 2.46. The van der Waals surface area contributed by atoms with E-state index in [1.807, 2.05) is 14.1 Å². The Bertz CT molecular complexity index is 514. The zero-order valence-corrected chi connectivity index (χ0v) is 12.7. The van der Waals surface area contributed by atoms with Gasteiger partial charge in [0.2, 0.25) is 0 Å². The Labute approximate surface area is 127 Å². The Morgan fingerprint density at radius 1 is 1.27 bits per heavy atom. The summed E-state index contributed by atoms with van der Waals surface area (Å²) in [7, 11) is 3.63. The van der Waals surface area contributed by atoms with Crippen molar-refractivity contribution in [2.24, 2.45) is 5.92 Å². The van der Waals surface area contributed by atoms with E-state index >= 15 is 0 Å². The van der Waals surface area contributed by atoms with E-state index in [1.54, 1.807) is 17.0 Å². The number of pyridine rings is 1. The molecule has 0 radical (unpaired) electrons. The molecule has 0 unspecified atom stereocenters. The van der Waals surface area contributed by atoms with Crippen LogP contribution in [0.4, 0.5) is 19.0 Å². The van der Waals surface area contributed by atoms with Gasteiger partial charge in [-0.3, -0.25) is 4.79 Å². The predicted octanol–water partition coefficient (Wildman–Crippen LogP) is 3.00. The highest BCUT2D eigenvalue weighted by Gasteiger charge is 2.45. The summed E-state index contributed by atoms with van der Waals surface area (Å²) < 4.78 is 39.1. The van der Waals surface area contributed by atoms with Crippen LogP contribution in [0.25, 0.3) is 0 Å². The molecule has 0 saturated heterocycles. The largest absolute Gasteiger partial charge is 0.393 e. The van der Waals surface area contributed by atoms with E-state index in [0.29, 0.717) is 25.1 Å². The Kier molecular flexibility index (Phi) is 4.93. The second-order valence-electron chi connectivity index (χ2n) is 5.81. The molecule has 7 heteroatoms. The third-order valence-electron chi connectivity index (χ3n) is 3.97. The van der Waals surface area contributed by atoms with Crippen molar-refractivity contribution in [2.75, 3.05) is 19.0 Å². The van der Waals surface area contributed by atoms with E-state index in [2.05, 4.69) is 10.3 Å². The van der Waals surface area contributed by atoms with Crippen molar-refractivity contribution < 1.29 is 18.0 Å². The maximum absolute atomic E-state index is 13.0. The molecule has 2 rings (SSSR count). The molecule has 1 amide bonds. The highest BCUT2D eigenvalue weighted by molar-refractivity contribution is 5.94. The van der Waals surface area contributed by atoms with E-state index in [0.717, 1.165) is 0 Å². The quantitative estimate of drug-likeness (QED) is 0.932. The maximum Gasteiger partial charge on any atom is 0.393 e. The lowest BCUT2D eigenvalue weighted by molar-refractivity contribution is -0.187. The van der Waals surface area contributed by atoms with Crippen LogP contribution in [0.5, 0.6) is 0 Å². The number of alkyl halides is 3. The fourth-order valence-electron chi connectivity index (χ4n) is 2.73. The molecule has 2 atom stereocenters. The van der Waals surface area contributed by atoms with Gasteiger partial charge in [0.05, 0.1) is 11.5 Å². The number of rotatable bonds is 3. The van der Waals surface area contributed by atoms with Gasteiger partial charge in [0.15, 0.2) is 0 Å². The van der Waals surface area contributed by atoms with Crippen LogP contribution >= 0.6 is 0 Å². The van der Waals surface area contributed by atoms with Crippen molar-refractivity contribution in [3.63, 3.8) is 0 Å². The van der Waals surface area contributed by atoms with Crippen LogP contribution in [0, 0.1) is 5.92 Å². The SMILES string of the molecule is CN(C)c1ccc(C(=O)N[C@H]2CCCC[C@@H]2C(F)(F)F)cn1. The number of amides is 1. The number of nitrogens with one attached hydrogen (secondary N) is 1. The molecule has 1 aliphatic rings. The molecule has 1 aliphatic carbocycles. The van der Waals surface area contributed by atoms with Gasteiger partial charge in [-0.25, -0.2) is 4.98 Å². The minimum Gasteiger partial charge on any atom is -0.363 e. The third kappa shape index (κ3) is 3.90. The van der Waals surface area contributed by atoms with E-state index in [4.69, 9.17) is 0 Å². The van der Waals surface area contributed by atoms with E-state index < -0.39 is 24.0 Å². The smallest absolute Gasteiger partial charge is 0.363 e. The molecule has 0 spiro atoms. The van der Waals surface area contributed by atoms with E-state index in [-0.39, 0.29) is 12.0 Å². The summed E-state index contributed by atoms with van der Waals surface area (Å²) in [4.78, 5) is 18.0. The molecule has 0 aromatic carbocycles. The normalized spacial score (nSPS) is 22.2. The van der Waals surface area contributed by atoms with Crippen molar-refractivity contribution >= 4 is 11.7 Å². The van der Waals surface area contributed by atoms with Crippen LogP contribution in [-0.4, -0.2) is 37.2 Å². The number of hydrogen-bond donors (Lipinski definition) is 1. The fraction of sp³-hybridized carbons (Fsp3) is 0.600. The topological polar surface area (TPSA) is 45.2 Å². The molecule has 4 nitrogen and oxygen atoms in total. The molecule has 0 bridgehead atoms. The standard InChI is InChI=1S/C15H20F3N3O/c1-21(2)13-8-7-10(9-19-13)14(22)20-12-6-4-3-5-11(12)15(16,17)18/h7-9,11-12H,3-6H2,1-2H3,(H,20,22)/t11-,12-/m0/s1. The highest BCUT2D eigenvalue weighted by Crippen LogP contribution is 2.37. The van der Waals surface area contributed by atoms with Gasteiger partial charge in [-0.1, -0.05) is 12.8 Å². The van der Waals surface area contributed by atoms with Crippen molar-refractivity contribution in [2.45, 2.75) is 37.9 Å². The fourth-order valence-corrected chi connectivity index (χ4v) is 2.73. The second-order valence-corrected chi connectivity index (χ2v) is 5.81. The lowest BCUT2D eigenvalue weighted by Gasteiger charge is -2.33. The summed E-state index contributed by atoms with van der Waals surface area (Å²) in [5, 5.41) is 2.53. The molecular weight excluding hydrogens is 295 g/mol. The Morgan fingerprint density at radius 3 is 2.50 bits per heavy atom. The maximum atomic E-state index is 13.0. The lowest BCUT2D eigenvalue weighted by Crippen LogP contribution is -2.47. The minimum absolute atomic E-state index is 0.0757. The first-order valence-electron chi connectivity index (χ1n) is 7.30. The van der Waals surface area contributed by atoms with Crippen LogP contribution in [0.15, 0.2) is 18.3 Å². The van der Waals surface area contributed by atoms with Crippen LogP contribution in [-0.2, 0) is 0 Å². The summed E-state index contributed by atoms with van der Waals surface area (Å²) in [6.07, 6.45) is -1.20. The molecule has 0 aliphatic heterocycles. The Hall–Kier alpha value is -1.79. The monoisotopic (exact) mass is 315 g/mol. The number of hydrogen-bond acceptors (Lipinski definition) is 3. The van der Waals surface area contributed by atoms with Crippen LogP contribution in [0.1, 0.15) is 36.0 Å². The van der Waals surface area contributed by atoms with Crippen molar-refractivity contribution in [1.82, 2.24) is 10.3 Å². The number of halogens is 3. The van der Waals surface area contributed by atoms with Gasteiger partial charge in [-0.15, -0.1) is 0 Å². The Balaban J connectivity index is 2.06. The first kappa shape index (κ1) is 16.6. The zero-order chi connectivity index (χ0) is 16.3. The van der Waals surface area contributed by atoms with Gasteiger partial charge in [0.25, 0.3) is 5.91 Å². The summed E-state index contributed by atoms with van der Waals surface area (Å²) in [6, 6.07) is 2.38. The Morgan fingerprint density at radius 2 is 1.95 bits per heavy atom. The number of carbonyl (C=O) groups is 1. The molecule has 1 fully saturated rings. The molecule has 1 saturated carbocycles. The highest BCUT2D eigenvalue weighted by atomic mass is 19.4. The third-order valence-corrected chi connectivity index (χ3v) is 3.97. The van der Waals surface area contributed by atoms with Gasteiger partial charge < -0.3 is 10.2 Å². The van der Waals surface area contributed by atoms with Crippen LogP contribution in [0.3, 0.4) is 0 Å². The van der Waals surface area contributed by atoms with E-state index in [9.17, 15) is 18.0 Å². The molecular formula is C15H20F3N3O.